The van der Waals surface area contributed by atoms with Crippen LogP contribution in [0.15, 0.2) is 59.0 Å². The molecule has 0 saturated carbocycles. The van der Waals surface area contributed by atoms with Crippen LogP contribution in [0, 0.1) is 0 Å². The number of furan rings is 1. The molecule has 1 N–H and O–H groups in total. The number of fused-ring (bicyclic) bond motifs is 3. The first-order valence-electron chi connectivity index (χ1n) is 12.6. The van der Waals surface area contributed by atoms with Gasteiger partial charge in [-0.1, -0.05) is 24.6 Å². The molecule has 1 aliphatic rings. The highest BCUT2D eigenvalue weighted by molar-refractivity contribution is 6.17. The summed E-state index contributed by atoms with van der Waals surface area (Å²) in [5.41, 5.74) is 1.94. The predicted molar refractivity (Wildman–Crippen MR) is 140 cm³/mol. The first-order valence-corrected chi connectivity index (χ1v) is 13.2. The minimum atomic E-state index is -4.52. The van der Waals surface area contributed by atoms with E-state index in [4.69, 9.17) is 20.8 Å². The highest BCUT2D eigenvalue weighted by atomic mass is 35.5. The average molecular weight is 545 g/mol. The molecule has 3 heterocycles. The number of unbranched alkanes of at least 4 members (excludes halogenated alkanes) is 2. The van der Waals surface area contributed by atoms with Crippen LogP contribution in [0.2, 0.25) is 0 Å². The number of rotatable bonds is 8. The Morgan fingerprint density at radius 1 is 1.13 bits per heavy atom. The van der Waals surface area contributed by atoms with E-state index in [1.54, 1.807) is 30.2 Å². The molecule has 5 nitrogen and oxygen atoms in total. The molecule has 0 unspecified atom stereocenters. The summed E-state index contributed by atoms with van der Waals surface area (Å²) in [4.78, 5) is 18.6. The molecule has 1 amide bonds. The van der Waals surface area contributed by atoms with Gasteiger partial charge in [-0.2, -0.15) is 13.2 Å². The molecule has 38 heavy (non-hydrogen) atoms. The Balaban J connectivity index is 1.57. The van der Waals surface area contributed by atoms with E-state index >= 15 is 0 Å². The fourth-order valence-corrected chi connectivity index (χ4v) is 5.43. The number of nitrogens with one attached hydrogen (secondary N) is 1. The summed E-state index contributed by atoms with van der Waals surface area (Å²) in [5, 5.41) is 0.993. The molecule has 9 heteroatoms. The zero-order chi connectivity index (χ0) is 26.9. The lowest BCUT2D eigenvalue weighted by molar-refractivity contribution is -0.137. The van der Waals surface area contributed by atoms with E-state index in [9.17, 15) is 18.0 Å². The zero-order valence-corrected chi connectivity index (χ0v) is 21.7. The Morgan fingerprint density at radius 3 is 2.71 bits per heavy atom. The molecule has 0 spiro atoms. The van der Waals surface area contributed by atoms with Crippen molar-refractivity contribution in [2.24, 2.45) is 0 Å². The topological polar surface area (TPSA) is 58.5 Å². The van der Waals surface area contributed by atoms with Gasteiger partial charge >= 0.3 is 6.18 Å². The maximum atomic E-state index is 13.7. The molecular formula is C29H28ClF3N2O3. The summed E-state index contributed by atoms with van der Waals surface area (Å²) in [6, 6.07) is 13.7. The highest BCUT2D eigenvalue weighted by Gasteiger charge is 2.38. The maximum Gasteiger partial charge on any atom is 0.417 e. The summed E-state index contributed by atoms with van der Waals surface area (Å²) < 4.78 is 52.6. The van der Waals surface area contributed by atoms with Crippen molar-refractivity contribution < 1.29 is 27.1 Å². The molecule has 2 aromatic heterocycles. The standard InChI is InChI=1S/C29H28ClF3N2O3/c1-37-18-10-11-23-21(17-18)19-14-16-35(26(36)9-3-2-6-15-30)28(27(19)34-23)25-13-12-24(38-25)20-7-4-5-8-22(20)29(31,32)33/h4-5,7-8,10-13,17,28,34H,2-3,6,9,14-16H2,1H3/t28-/m1/s1. The number of alkyl halides is 4. The predicted octanol–water partition coefficient (Wildman–Crippen LogP) is 7.73. The highest BCUT2D eigenvalue weighted by Crippen LogP contribution is 2.43. The zero-order valence-electron chi connectivity index (χ0n) is 20.9. The lowest BCUT2D eigenvalue weighted by atomic mass is 9.95. The normalized spacial score (nSPS) is 15.6. The number of aromatic amines is 1. The third-order valence-electron chi connectivity index (χ3n) is 7.07. The molecular weight excluding hydrogens is 517 g/mol. The van der Waals surface area contributed by atoms with E-state index in [0.29, 0.717) is 37.4 Å². The Bertz CT molecular complexity index is 1440. The number of hydrogen-bond donors (Lipinski definition) is 1. The fraction of sp³-hybridized carbons (Fsp3) is 0.345. The molecule has 2 aromatic carbocycles. The molecule has 0 radical (unpaired) electrons. The number of carbonyl (C=O) groups is 1. The van der Waals surface area contributed by atoms with E-state index in [0.717, 1.165) is 46.8 Å². The van der Waals surface area contributed by atoms with Crippen molar-refractivity contribution >= 4 is 28.4 Å². The second-order valence-corrected chi connectivity index (χ2v) is 9.79. The van der Waals surface area contributed by atoms with Gasteiger partial charge in [0.05, 0.1) is 18.4 Å². The van der Waals surface area contributed by atoms with Crippen molar-refractivity contribution in [1.29, 1.82) is 0 Å². The van der Waals surface area contributed by atoms with Crippen LogP contribution >= 0.6 is 11.6 Å². The van der Waals surface area contributed by atoms with Crippen molar-refractivity contribution in [1.82, 2.24) is 9.88 Å². The van der Waals surface area contributed by atoms with Crippen LogP contribution in [-0.2, 0) is 17.4 Å². The number of benzene rings is 2. The third kappa shape index (κ3) is 5.01. The first-order chi connectivity index (χ1) is 18.3. The van der Waals surface area contributed by atoms with Crippen molar-refractivity contribution in [2.75, 3.05) is 19.5 Å². The van der Waals surface area contributed by atoms with Crippen molar-refractivity contribution in [3.63, 3.8) is 0 Å². The SMILES string of the molecule is COc1ccc2[nH]c3c(c2c1)CCN(C(=O)CCCCCCl)[C@@H]3c1ccc(-c2ccccc2C(F)(F)F)o1. The van der Waals surface area contributed by atoms with Crippen LogP contribution in [0.3, 0.4) is 0 Å². The molecule has 4 aromatic rings. The summed E-state index contributed by atoms with van der Waals surface area (Å²) in [5.74, 6) is 1.76. The fourth-order valence-electron chi connectivity index (χ4n) is 5.24. The number of aromatic nitrogens is 1. The van der Waals surface area contributed by atoms with Gasteiger partial charge in [-0.3, -0.25) is 4.79 Å². The summed E-state index contributed by atoms with van der Waals surface area (Å²) in [7, 11) is 1.61. The minimum Gasteiger partial charge on any atom is -0.497 e. The Hall–Kier alpha value is -3.39. The molecule has 0 aliphatic carbocycles. The van der Waals surface area contributed by atoms with E-state index in [1.807, 2.05) is 18.2 Å². The van der Waals surface area contributed by atoms with Crippen LogP contribution in [0.5, 0.6) is 5.75 Å². The van der Waals surface area contributed by atoms with Gasteiger partial charge in [-0.15, -0.1) is 11.6 Å². The van der Waals surface area contributed by atoms with Crippen LogP contribution in [-0.4, -0.2) is 35.3 Å². The Labute approximate surface area is 223 Å². The molecule has 200 valence electrons. The lowest BCUT2D eigenvalue weighted by Crippen LogP contribution is -2.40. The Morgan fingerprint density at radius 2 is 1.95 bits per heavy atom. The second kappa shape index (κ2) is 10.8. The van der Waals surface area contributed by atoms with Crippen molar-refractivity contribution in [3.05, 3.63) is 77.2 Å². The number of nitrogens with zero attached hydrogens (tertiary/aromatic N) is 1. The van der Waals surface area contributed by atoms with Crippen LogP contribution in [0.25, 0.3) is 22.2 Å². The molecule has 0 fully saturated rings. The summed E-state index contributed by atoms with van der Waals surface area (Å²) >= 11 is 5.79. The average Bonchev–Trinajstić information content (AvgIpc) is 3.54. The number of methoxy groups -OCH3 is 1. The minimum absolute atomic E-state index is 0.0277. The number of ether oxygens (including phenoxy) is 1. The number of amides is 1. The smallest absolute Gasteiger partial charge is 0.417 e. The molecule has 1 atom stereocenters. The monoisotopic (exact) mass is 544 g/mol. The van der Waals surface area contributed by atoms with Crippen LogP contribution in [0.1, 0.15) is 54.3 Å². The summed E-state index contributed by atoms with van der Waals surface area (Å²) in [6.45, 7) is 0.464. The van der Waals surface area contributed by atoms with E-state index < -0.39 is 17.8 Å². The summed E-state index contributed by atoms with van der Waals surface area (Å²) in [6.07, 6.45) is -1.12. The number of carbonyl (C=O) groups excluding carboxylic acids is 1. The van der Waals surface area contributed by atoms with Crippen LogP contribution in [0.4, 0.5) is 13.2 Å². The second-order valence-electron chi connectivity index (χ2n) is 9.41. The number of hydrogen-bond acceptors (Lipinski definition) is 3. The van der Waals surface area contributed by atoms with Gasteiger partial charge in [0.2, 0.25) is 5.91 Å². The number of halogens is 4. The maximum absolute atomic E-state index is 13.7. The van der Waals surface area contributed by atoms with E-state index in [-0.39, 0.29) is 17.2 Å². The van der Waals surface area contributed by atoms with Gasteiger partial charge in [-0.05, 0) is 61.2 Å². The van der Waals surface area contributed by atoms with Gasteiger partial charge in [0, 0.05) is 35.3 Å². The molecule has 5 rings (SSSR count). The number of H-pyrrole nitrogens is 1. The van der Waals surface area contributed by atoms with Gasteiger partial charge in [0.15, 0.2) is 0 Å². The largest absolute Gasteiger partial charge is 0.497 e. The van der Waals surface area contributed by atoms with Gasteiger partial charge in [0.1, 0.15) is 23.3 Å². The Kier molecular flexibility index (Phi) is 7.43. The molecule has 0 saturated heterocycles. The van der Waals surface area contributed by atoms with Gasteiger partial charge < -0.3 is 19.0 Å². The molecule has 1 aliphatic heterocycles. The van der Waals surface area contributed by atoms with Gasteiger partial charge in [0.25, 0.3) is 0 Å². The third-order valence-corrected chi connectivity index (χ3v) is 7.34. The van der Waals surface area contributed by atoms with Crippen molar-refractivity contribution in [3.8, 4) is 17.1 Å². The van der Waals surface area contributed by atoms with Crippen molar-refractivity contribution in [2.45, 2.75) is 44.3 Å². The lowest BCUT2D eigenvalue weighted by Gasteiger charge is -2.35. The first kappa shape index (κ1) is 26.2. The quantitative estimate of drug-likeness (QED) is 0.182. The van der Waals surface area contributed by atoms with E-state index in [2.05, 4.69) is 4.98 Å². The van der Waals surface area contributed by atoms with Gasteiger partial charge in [-0.25, -0.2) is 0 Å². The molecule has 0 bridgehead atoms. The van der Waals surface area contributed by atoms with Crippen LogP contribution < -0.4 is 4.74 Å². The van der Waals surface area contributed by atoms with E-state index in [1.165, 1.54) is 12.1 Å².